The van der Waals surface area contributed by atoms with Crippen molar-refractivity contribution in [3.63, 3.8) is 0 Å². The molecule has 2 rings (SSSR count). The Balaban J connectivity index is 1.88. The van der Waals surface area contributed by atoms with Crippen LogP contribution in [0.2, 0.25) is 0 Å². The fraction of sp³-hybridized carbons (Fsp3) is 0.875. The number of hydrogen-bond acceptors (Lipinski definition) is 2. The molecule has 2 aliphatic rings. The van der Waals surface area contributed by atoms with Crippen molar-refractivity contribution in [3.8, 4) is 0 Å². The molecule has 0 bridgehead atoms. The SMILES string of the molecule is CCC1CCCCN1C(=O)CC(=O)N1CCCC(C)C1. The third-order valence-electron chi connectivity index (χ3n) is 4.73. The second-order valence-electron chi connectivity index (χ2n) is 6.41. The number of hydrogen-bond donors (Lipinski definition) is 0. The summed E-state index contributed by atoms with van der Waals surface area (Å²) in [6, 6.07) is 0.351. The van der Waals surface area contributed by atoms with Gasteiger partial charge in [-0.15, -0.1) is 0 Å². The van der Waals surface area contributed by atoms with Crippen molar-refractivity contribution in [1.82, 2.24) is 9.80 Å². The van der Waals surface area contributed by atoms with Crippen LogP contribution in [0, 0.1) is 5.92 Å². The predicted octanol–water partition coefficient (Wildman–Crippen LogP) is 2.43. The van der Waals surface area contributed by atoms with Crippen molar-refractivity contribution in [2.75, 3.05) is 19.6 Å². The first-order chi connectivity index (χ1) is 9.61. The summed E-state index contributed by atoms with van der Waals surface area (Å²) in [6.07, 6.45) is 6.72. The fourth-order valence-corrected chi connectivity index (χ4v) is 3.51. The minimum absolute atomic E-state index is 0.0296. The first-order valence-corrected chi connectivity index (χ1v) is 8.19. The van der Waals surface area contributed by atoms with E-state index in [9.17, 15) is 9.59 Å². The van der Waals surface area contributed by atoms with Gasteiger partial charge in [0.05, 0.1) is 0 Å². The van der Waals surface area contributed by atoms with Gasteiger partial charge in [-0.25, -0.2) is 0 Å². The van der Waals surface area contributed by atoms with Crippen molar-refractivity contribution in [2.45, 2.75) is 64.8 Å². The van der Waals surface area contributed by atoms with Crippen molar-refractivity contribution in [2.24, 2.45) is 5.92 Å². The third kappa shape index (κ3) is 3.74. The average Bonchev–Trinajstić information content (AvgIpc) is 2.47. The molecule has 0 saturated carbocycles. The summed E-state index contributed by atoms with van der Waals surface area (Å²) in [5, 5.41) is 0. The van der Waals surface area contributed by atoms with E-state index in [1.165, 1.54) is 12.8 Å². The molecule has 0 aromatic carbocycles. The molecule has 2 saturated heterocycles. The van der Waals surface area contributed by atoms with E-state index in [-0.39, 0.29) is 18.2 Å². The lowest BCUT2D eigenvalue weighted by molar-refractivity contribution is -0.143. The van der Waals surface area contributed by atoms with Crippen LogP contribution in [0.5, 0.6) is 0 Å². The Labute approximate surface area is 122 Å². The zero-order valence-corrected chi connectivity index (χ0v) is 12.9. The van der Waals surface area contributed by atoms with Crippen LogP contribution >= 0.6 is 0 Å². The monoisotopic (exact) mass is 280 g/mol. The highest BCUT2D eigenvalue weighted by Crippen LogP contribution is 2.21. The van der Waals surface area contributed by atoms with Crippen LogP contribution in [-0.2, 0) is 9.59 Å². The highest BCUT2D eigenvalue weighted by Gasteiger charge is 2.29. The summed E-state index contributed by atoms with van der Waals surface area (Å²) < 4.78 is 0. The Morgan fingerprint density at radius 1 is 1.05 bits per heavy atom. The van der Waals surface area contributed by atoms with E-state index in [4.69, 9.17) is 0 Å². The maximum Gasteiger partial charge on any atom is 0.232 e. The summed E-state index contributed by atoms with van der Waals surface area (Å²) >= 11 is 0. The molecule has 2 amide bonds. The van der Waals surface area contributed by atoms with Crippen molar-refractivity contribution >= 4 is 11.8 Å². The highest BCUT2D eigenvalue weighted by molar-refractivity contribution is 5.97. The van der Waals surface area contributed by atoms with Crippen molar-refractivity contribution < 1.29 is 9.59 Å². The molecule has 2 aliphatic heterocycles. The van der Waals surface area contributed by atoms with E-state index in [1.54, 1.807) is 0 Å². The number of rotatable bonds is 3. The zero-order chi connectivity index (χ0) is 14.5. The lowest BCUT2D eigenvalue weighted by Crippen LogP contribution is -2.46. The second kappa shape index (κ2) is 7.09. The Morgan fingerprint density at radius 2 is 1.85 bits per heavy atom. The van der Waals surface area contributed by atoms with Crippen LogP contribution in [0.4, 0.5) is 0 Å². The minimum Gasteiger partial charge on any atom is -0.342 e. The molecule has 2 heterocycles. The fourth-order valence-electron chi connectivity index (χ4n) is 3.51. The summed E-state index contributed by atoms with van der Waals surface area (Å²) in [5.41, 5.74) is 0. The molecule has 0 radical (unpaired) electrons. The maximum atomic E-state index is 12.4. The van der Waals surface area contributed by atoms with Gasteiger partial charge in [0, 0.05) is 25.7 Å². The molecule has 0 aromatic rings. The van der Waals surface area contributed by atoms with Gasteiger partial charge < -0.3 is 9.80 Å². The number of amides is 2. The van der Waals surface area contributed by atoms with E-state index in [0.717, 1.165) is 45.3 Å². The van der Waals surface area contributed by atoms with E-state index in [1.807, 2.05) is 9.80 Å². The summed E-state index contributed by atoms with van der Waals surface area (Å²) in [4.78, 5) is 28.5. The van der Waals surface area contributed by atoms with E-state index >= 15 is 0 Å². The van der Waals surface area contributed by atoms with Crippen LogP contribution in [0.25, 0.3) is 0 Å². The smallest absolute Gasteiger partial charge is 0.232 e. The molecule has 0 spiro atoms. The molecular weight excluding hydrogens is 252 g/mol. The molecule has 2 atom stereocenters. The summed E-state index contributed by atoms with van der Waals surface area (Å²) in [7, 11) is 0. The molecular formula is C16H28N2O2. The number of likely N-dealkylation sites (tertiary alicyclic amines) is 2. The molecule has 0 N–H and O–H groups in total. The van der Waals surface area contributed by atoms with Gasteiger partial charge in [0.1, 0.15) is 6.42 Å². The normalized spacial score (nSPS) is 27.5. The van der Waals surface area contributed by atoms with Gasteiger partial charge in [0.25, 0.3) is 0 Å². The standard InChI is InChI=1S/C16H28N2O2/c1-3-14-8-4-5-10-18(14)16(20)11-15(19)17-9-6-7-13(2)12-17/h13-14H,3-12H2,1-2H3. The molecule has 2 fully saturated rings. The average molecular weight is 280 g/mol. The summed E-state index contributed by atoms with van der Waals surface area (Å²) in [5.74, 6) is 0.642. The maximum absolute atomic E-state index is 12.4. The molecule has 0 aromatic heterocycles. The lowest BCUT2D eigenvalue weighted by Gasteiger charge is -2.36. The van der Waals surface area contributed by atoms with Gasteiger partial charge >= 0.3 is 0 Å². The first-order valence-electron chi connectivity index (χ1n) is 8.19. The Bertz CT molecular complexity index is 356. The Hall–Kier alpha value is -1.06. The number of carbonyl (C=O) groups is 2. The zero-order valence-electron chi connectivity index (χ0n) is 12.9. The quantitative estimate of drug-likeness (QED) is 0.745. The van der Waals surface area contributed by atoms with Crippen LogP contribution in [-0.4, -0.2) is 47.3 Å². The van der Waals surface area contributed by atoms with Gasteiger partial charge in [-0.05, 0) is 44.4 Å². The van der Waals surface area contributed by atoms with Crippen LogP contribution in [0.3, 0.4) is 0 Å². The second-order valence-corrected chi connectivity index (χ2v) is 6.41. The van der Waals surface area contributed by atoms with Gasteiger partial charge in [0.2, 0.25) is 11.8 Å². The summed E-state index contributed by atoms with van der Waals surface area (Å²) in [6.45, 7) is 6.79. The van der Waals surface area contributed by atoms with Gasteiger partial charge in [-0.1, -0.05) is 13.8 Å². The number of piperidine rings is 2. The number of carbonyl (C=O) groups excluding carboxylic acids is 2. The molecule has 2 unspecified atom stereocenters. The lowest BCUT2D eigenvalue weighted by atomic mass is 9.98. The largest absolute Gasteiger partial charge is 0.342 e. The molecule has 4 heteroatoms. The number of nitrogens with zero attached hydrogens (tertiary/aromatic N) is 2. The van der Waals surface area contributed by atoms with Crippen molar-refractivity contribution in [1.29, 1.82) is 0 Å². The molecule has 0 aliphatic carbocycles. The topological polar surface area (TPSA) is 40.6 Å². The van der Waals surface area contributed by atoms with E-state index < -0.39 is 0 Å². The highest BCUT2D eigenvalue weighted by atomic mass is 16.2. The Morgan fingerprint density at radius 3 is 2.55 bits per heavy atom. The predicted molar refractivity (Wildman–Crippen MR) is 79.2 cm³/mol. The minimum atomic E-state index is 0.0296. The van der Waals surface area contributed by atoms with Crippen LogP contribution in [0.15, 0.2) is 0 Å². The van der Waals surface area contributed by atoms with Gasteiger partial charge in [-0.2, -0.15) is 0 Å². The van der Waals surface area contributed by atoms with Gasteiger partial charge in [-0.3, -0.25) is 9.59 Å². The first kappa shape index (κ1) is 15.3. The van der Waals surface area contributed by atoms with E-state index in [2.05, 4.69) is 13.8 Å². The Kier molecular flexibility index (Phi) is 5.44. The van der Waals surface area contributed by atoms with Gasteiger partial charge in [0.15, 0.2) is 0 Å². The molecule has 20 heavy (non-hydrogen) atoms. The van der Waals surface area contributed by atoms with Crippen LogP contribution < -0.4 is 0 Å². The third-order valence-corrected chi connectivity index (χ3v) is 4.73. The molecule has 4 nitrogen and oxygen atoms in total. The van der Waals surface area contributed by atoms with Crippen LogP contribution in [0.1, 0.15) is 58.8 Å². The molecule has 114 valence electrons. The van der Waals surface area contributed by atoms with Crippen molar-refractivity contribution in [3.05, 3.63) is 0 Å². The van der Waals surface area contributed by atoms with E-state index in [0.29, 0.717) is 12.0 Å².